The fraction of sp³-hybridized carbons (Fsp3) is 0.267. The van der Waals surface area contributed by atoms with Crippen molar-refractivity contribution in [2.24, 2.45) is 0 Å². The Morgan fingerprint density at radius 2 is 1.86 bits per heavy atom. The van der Waals surface area contributed by atoms with Gasteiger partial charge in [-0.25, -0.2) is 17.9 Å². The lowest BCUT2D eigenvalue weighted by Gasteiger charge is -2.13. The maximum atomic E-state index is 11.2. The number of rotatable bonds is 5. The number of carboxylic acids is 1. The summed E-state index contributed by atoms with van der Waals surface area (Å²) in [4.78, 5) is 12.3. The van der Waals surface area contributed by atoms with Crippen LogP contribution in [0.1, 0.15) is 33.1 Å². The Bertz CT molecular complexity index is 791. The second kappa shape index (κ2) is 6.20. The van der Waals surface area contributed by atoms with Crippen LogP contribution in [0.3, 0.4) is 0 Å². The van der Waals surface area contributed by atoms with Gasteiger partial charge in [-0.2, -0.15) is 0 Å². The molecule has 1 aromatic heterocycles. The van der Waals surface area contributed by atoms with Crippen LogP contribution >= 0.6 is 11.3 Å². The van der Waals surface area contributed by atoms with Crippen LogP contribution in [0, 0.1) is 6.92 Å². The molecule has 22 heavy (non-hydrogen) atoms. The molecule has 1 atom stereocenters. The van der Waals surface area contributed by atoms with Gasteiger partial charge in [-0.15, -0.1) is 11.3 Å². The van der Waals surface area contributed by atoms with Gasteiger partial charge in [0.15, 0.2) is 0 Å². The van der Waals surface area contributed by atoms with E-state index in [0.717, 1.165) is 27.8 Å². The molecule has 118 valence electrons. The van der Waals surface area contributed by atoms with Gasteiger partial charge in [-0.05, 0) is 36.6 Å². The van der Waals surface area contributed by atoms with Gasteiger partial charge in [0.1, 0.15) is 4.88 Å². The number of carboxylic acid groups (broad SMARTS) is 1. The second-order valence-electron chi connectivity index (χ2n) is 5.12. The van der Waals surface area contributed by atoms with Crippen molar-refractivity contribution in [3.8, 4) is 11.1 Å². The van der Waals surface area contributed by atoms with Gasteiger partial charge in [0.25, 0.3) is 0 Å². The lowest BCUT2D eigenvalue weighted by atomic mass is 10.0. The molecular weight excluding hydrogens is 322 g/mol. The Labute approximate surface area is 133 Å². The van der Waals surface area contributed by atoms with E-state index in [0.29, 0.717) is 4.88 Å². The highest BCUT2D eigenvalue weighted by molar-refractivity contribution is 7.88. The first-order valence-electron chi connectivity index (χ1n) is 6.59. The Kier molecular flexibility index (Phi) is 4.69. The third kappa shape index (κ3) is 3.94. The third-order valence-corrected chi connectivity index (χ3v) is 5.06. The molecule has 0 spiro atoms. The van der Waals surface area contributed by atoms with Crippen LogP contribution in [0.4, 0.5) is 0 Å². The molecule has 0 amide bonds. The predicted octanol–water partition coefficient (Wildman–Crippen LogP) is 3.03. The average Bonchev–Trinajstić information content (AvgIpc) is 2.79. The van der Waals surface area contributed by atoms with Crippen LogP contribution in [0.2, 0.25) is 0 Å². The second-order valence-corrected chi connectivity index (χ2v) is 8.16. The highest BCUT2D eigenvalue weighted by Crippen LogP contribution is 2.31. The van der Waals surface area contributed by atoms with Crippen LogP contribution in [0.15, 0.2) is 30.3 Å². The zero-order valence-electron chi connectivity index (χ0n) is 12.5. The first-order chi connectivity index (χ1) is 10.2. The van der Waals surface area contributed by atoms with Gasteiger partial charge in [-0.1, -0.05) is 24.3 Å². The summed E-state index contributed by atoms with van der Waals surface area (Å²) in [6.45, 7) is 3.66. The zero-order valence-corrected chi connectivity index (χ0v) is 14.1. The molecule has 0 radical (unpaired) electrons. The topological polar surface area (TPSA) is 83.5 Å². The lowest BCUT2D eigenvalue weighted by Crippen LogP contribution is -2.25. The number of hydrogen-bond donors (Lipinski definition) is 2. The van der Waals surface area contributed by atoms with E-state index in [-0.39, 0.29) is 6.04 Å². The number of aromatic carboxylic acids is 1. The molecular formula is C15H17NO4S2. The number of sulfonamides is 1. The van der Waals surface area contributed by atoms with E-state index in [2.05, 4.69) is 4.72 Å². The van der Waals surface area contributed by atoms with E-state index in [1.807, 2.05) is 31.2 Å². The molecule has 0 unspecified atom stereocenters. The lowest BCUT2D eigenvalue weighted by molar-refractivity contribution is 0.0702. The van der Waals surface area contributed by atoms with Crippen LogP contribution < -0.4 is 4.72 Å². The SMILES string of the molecule is Cc1sc(C(=O)O)cc1-c1ccc([C@H](C)NS(C)(=O)=O)cc1. The standard InChI is InChI=1S/C15H17NO4S2/c1-9(16-22(3,19)20)11-4-6-12(7-5-11)13-8-14(15(17)18)21-10(13)2/h4-9,16H,1-3H3,(H,17,18)/t9-/m0/s1. The van der Waals surface area contributed by atoms with Gasteiger partial charge < -0.3 is 5.11 Å². The fourth-order valence-electron chi connectivity index (χ4n) is 2.21. The molecule has 2 aromatic rings. The number of benzene rings is 1. The molecule has 0 saturated heterocycles. The molecule has 5 nitrogen and oxygen atoms in total. The van der Waals surface area contributed by atoms with Crippen molar-refractivity contribution in [3.05, 3.63) is 45.6 Å². The summed E-state index contributed by atoms with van der Waals surface area (Å²) < 4.78 is 25.0. The van der Waals surface area contributed by atoms with E-state index in [9.17, 15) is 13.2 Å². The largest absolute Gasteiger partial charge is 0.477 e. The van der Waals surface area contributed by atoms with Crippen molar-refractivity contribution in [1.29, 1.82) is 0 Å². The Hall–Kier alpha value is -1.70. The van der Waals surface area contributed by atoms with Crippen molar-refractivity contribution < 1.29 is 18.3 Å². The van der Waals surface area contributed by atoms with Crippen LogP contribution in [-0.2, 0) is 10.0 Å². The highest BCUT2D eigenvalue weighted by atomic mass is 32.2. The normalized spacial score (nSPS) is 13.0. The number of nitrogens with one attached hydrogen (secondary N) is 1. The van der Waals surface area contributed by atoms with Gasteiger partial charge in [-0.3, -0.25) is 0 Å². The molecule has 0 fully saturated rings. The Morgan fingerprint density at radius 3 is 2.32 bits per heavy atom. The molecule has 0 aliphatic carbocycles. The van der Waals surface area contributed by atoms with Crippen molar-refractivity contribution in [3.63, 3.8) is 0 Å². The fourth-order valence-corrected chi connectivity index (χ4v) is 3.87. The van der Waals surface area contributed by atoms with Gasteiger partial charge in [0.2, 0.25) is 10.0 Å². The monoisotopic (exact) mass is 339 g/mol. The third-order valence-electron chi connectivity index (χ3n) is 3.24. The molecule has 1 aromatic carbocycles. The van der Waals surface area contributed by atoms with Crippen molar-refractivity contribution in [2.45, 2.75) is 19.9 Å². The van der Waals surface area contributed by atoms with Crippen LogP contribution in [-0.4, -0.2) is 25.7 Å². The minimum absolute atomic E-state index is 0.309. The summed E-state index contributed by atoms with van der Waals surface area (Å²) in [5, 5.41) is 9.04. The molecule has 0 saturated carbocycles. The molecule has 2 N–H and O–H groups in total. The summed E-state index contributed by atoms with van der Waals surface area (Å²) in [7, 11) is -3.26. The smallest absolute Gasteiger partial charge is 0.345 e. The number of aryl methyl sites for hydroxylation is 1. The number of hydrogen-bond acceptors (Lipinski definition) is 4. The van der Waals surface area contributed by atoms with Crippen LogP contribution in [0.25, 0.3) is 11.1 Å². The van der Waals surface area contributed by atoms with Gasteiger partial charge in [0.05, 0.1) is 6.26 Å². The van der Waals surface area contributed by atoms with Crippen molar-refractivity contribution in [2.75, 3.05) is 6.26 Å². The van der Waals surface area contributed by atoms with Crippen LogP contribution in [0.5, 0.6) is 0 Å². The summed E-state index contributed by atoms with van der Waals surface area (Å²) in [6, 6.07) is 8.77. The van der Waals surface area contributed by atoms with E-state index < -0.39 is 16.0 Å². The maximum Gasteiger partial charge on any atom is 0.345 e. The number of carbonyl (C=O) groups is 1. The summed E-state index contributed by atoms with van der Waals surface area (Å²) in [5.74, 6) is -0.929. The van der Waals surface area contributed by atoms with Gasteiger partial charge >= 0.3 is 5.97 Å². The van der Waals surface area contributed by atoms with Crippen molar-refractivity contribution in [1.82, 2.24) is 4.72 Å². The zero-order chi connectivity index (χ0) is 16.5. The quantitative estimate of drug-likeness (QED) is 0.877. The molecule has 2 rings (SSSR count). The first-order valence-corrected chi connectivity index (χ1v) is 9.29. The van der Waals surface area contributed by atoms with E-state index in [1.165, 1.54) is 11.3 Å². The molecule has 0 aliphatic heterocycles. The predicted molar refractivity (Wildman–Crippen MR) is 87.8 cm³/mol. The summed E-state index contributed by atoms with van der Waals surface area (Å²) in [5.41, 5.74) is 2.65. The van der Waals surface area contributed by atoms with E-state index >= 15 is 0 Å². The first kappa shape index (κ1) is 16.7. The minimum atomic E-state index is -3.26. The Morgan fingerprint density at radius 1 is 1.27 bits per heavy atom. The molecule has 1 heterocycles. The summed E-state index contributed by atoms with van der Waals surface area (Å²) in [6.07, 6.45) is 1.13. The van der Waals surface area contributed by atoms with Crippen molar-refractivity contribution >= 4 is 27.3 Å². The average molecular weight is 339 g/mol. The minimum Gasteiger partial charge on any atom is -0.477 e. The Balaban J connectivity index is 2.27. The van der Waals surface area contributed by atoms with E-state index in [4.69, 9.17) is 5.11 Å². The molecule has 0 bridgehead atoms. The summed E-state index contributed by atoms with van der Waals surface area (Å²) >= 11 is 1.24. The molecule has 7 heteroatoms. The number of thiophene rings is 1. The highest BCUT2D eigenvalue weighted by Gasteiger charge is 2.14. The maximum absolute atomic E-state index is 11.2. The van der Waals surface area contributed by atoms with Gasteiger partial charge in [0, 0.05) is 10.9 Å². The molecule has 0 aliphatic rings. The van der Waals surface area contributed by atoms with E-state index in [1.54, 1.807) is 13.0 Å².